The molecule has 2 aromatic rings. The number of nitrogens with zero attached hydrogens (tertiary/aromatic N) is 3. The van der Waals surface area contributed by atoms with Crippen LogP contribution in [0.1, 0.15) is 73.2 Å². The molecule has 1 aliphatic rings. The van der Waals surface area contributed by atoms with Gasteiger partial charge in [0.05, 0.1) is 12.1 Å². The fraction of sp³-hybridized carbons (Fsp3) is 0.538. The zero-order valence-electron chi connectivity index (χ0n) is 21.0. The maximum atomic E-state index is 13.1. The number of nitrogens with one attached hydrogen (secondary N) is 1. The van der Waals surface area contributed by atoms with Gasteiger partial charge in [0.15, 0.2) is 0 Å². The highest BCUT2D eigenvalue weighted by Gasteiger charge is 2.35. The van der Waals surface area contributed by atoms with Crippen molar-refractivity contribution in [3.63, 3.8) is 0 Å². The van der Waals surface area contributed by atoms with Crippen molar-refractivity contribution >= 4 is 28.9 Å². The molecular formula is C26H36N4O3S. The fourth-order valence-corrected chi connectivity index (χ4v) is 5.07. The molecule has 1 aromatic carbocycles. The Morgan fingerprint density at radius 3 is 2.44 bits per heavy atom. The van der Waals surface area contributed by atoms with Gasteiger partial charge in [0.25, 0.3) is 0 Å². The molecule has 0 radical (unpaired) electrons. The molecule has 8 heteroatoms. The zero-order valence-corrected chi connectivity index (χ0v) is 21.8. The SMILES string of the molecule is CC(C)Cc1ccc(C(=O)c2csc([C@@H]3CCCN3C(=O)[C@H](C)NC(=O)[C@H](C)N(C)C)n2)cc1. The van der Waals surface area contributed by atoms with Gasteiger partial charge >= 0.3 is 0 Å². The lowest BCUT2D eigenvalue weighted by Crippen LogP contribution is -2.51. The molecule has 2 amide bonds. The van der Waals surface area contributed by atoms with Gasteiger partial charge in [0, 0.05) is 17.5 Å². The monoisotopic (exact) mass is 484 g/mol. The standard InChI is InChI=1S/C26H36N4O3S/c1-16(2)14-19-9-11-20(12-10-19)23(31)21-15-34-25(28-21)22-8-7-13-30(22)26(33)17(3)27-24(32)18(4)29(5)6/h9-12,15-18,22H,7-8,13-14H2,1-6H3,(H,27,32)/t17-,18-,22-/m0/s1. The normalized spacial score (nSPS) is 17.8. The molecule has 7 nitrogen and oxygen atoms in total. The number of amides is 2. The van der Waals surface area contributed by atoms with Crippen molar-refractivity contribution in [2.45, 2.75) is 65.1 Å². The molecule has 0 saturated carbocycles. The number of hydrogen-bond acceptors (Lipinski definition) is 6. The van der Waals surface area contributed by atoms with Crippen LogP contribution in [0.15, 0.2) is 29.6 Å². The predicted octanol–water partition coefficient (Wildman–Crippen LogP) is 3.69. The summed E-state index contributed by atoms with van der Waals surface area (Å²) >= 11 is 1.42. The van der Waals surface area contributed by atoms with Crippen molar-refractivity contribution in [3.8, 4) is 0 Å². The zero-order chi connectivity index (χ0) is 25.0. The second-order valence-electron chi connectivity index (χ2n) is 9.75. The van der Waals surface area contributed by atoms with Crippen LogP contribution in [0, 0.1) is 5.92 Å². The summed E-state index contributed by atoms with van der Waals surface area (Å²) in [6, 6.07) is 6.62. The highest BCUT2D eigenvalue weighted by Crippen LogP contribution is 2.34. The number of thiazole rings is 1. The molecule has 1 N–H and O–H groups in total. The second kappa shape index (κ2) is 11.2. The summed E-state index contributed by atoms with van der Waals surface area (Å²) in [5, 5.41) is 5.38. The second-order valence-corrected chi connectivity index (χ2v) is 10.6. The van der Waals surface area contributed by atoms with Crippen molar-refractivity contribution in [3.05, 3.63) is 51.5 Å². The van der Waals surface area contributed by atoms with E-state index in [-0.39, 0.29) is 29.7 Å². The van der Waals surface area contributed by atoms with E-state index in [9.17, 15) is 14.4 Å². The van der Waals surface area contributed by atoms with Crippen molar-refractivity contribution in [1.82, 2.24) is 20.1 Å². The van der Waals surface area contributed by atoms with Gasteiger partial charge in [-0.05, 0) is 58.7 Å². The third-order valence-corrected chi connectivity index (χ3v) is 7.26. The van der Waals surface area contributed by atoms with Gasteiger partial charge in [0.1, 0.15) is 16.7 Å². The van der Waals surface area contributed by atoms with E-state index in [1.807, 2.05) is 38.4 Å². The summed E-state index contributed by atoms with van der Waals surface area (Å²) in [6.07, 6.45) is 2.64. The van der Waals surface area contributed by atoms with Crippen LogP contribution in [0.4, 0.5) is 0 Å². The smallest absolute Gasteiger partial charge is 0.245 e. The van der Waals surface area contributed by atoms with Crippen LogP contribution >= 0.6 is 11.3 Å². The Bertz CT molecular complexity index is 1020. The maximum Gasteiger partial charge on any atom is 0.245 e. The molecule has 3 rings (SSSR count). The summed E-state index contributed by atoms with van der Waals surface area (Å²) in [4.78, 5) is 46.7. The molecule has 0 aliphatic carbocycles. The molecule has 2 heterocycles. The van der Waals surface area contributed by atoms with E-state index in [1.165, 1.54) is 16.9 Å². The van der Waals surface area contributed by atoms with Gasteiger partial charge in [-0.15, -0.1) is 11.3 Å². The van der Waals surface area contributed by atoms with E-state index in [4.69, 9.17) is 0 Å². The molecule has 1 aromatic heterocycles. The number of likely N-dealkylation sites (tertiary alicyclic amines) is 1. The highest BCUT2D eigenvalue weighted by molar-refractivity contribution is 7.10. The van der Waals surface area contributed by atoms with Crippen molar-refractivity contribution in [2.24, 2.45) is 5.92 Å². The number of hydrogen-bond donors (Lipinski definition) is 1. The molecule has 3 atom stereocenters. The van der Waals surface area contributed by atoms with Gasteiger partial charge in [-0.2, -0.15) is 0 Å². The number of ketones is 1. The van der Waals surface area contributed by atoms with Crippen LogP contribution in [0.2, 0.25) is 0 Å². The molecule has 0 unspecified atom stereocenters. The molecule has 0 bridgehead atoms. The van der Waals surface area contributed by atoms with Crippen LogP contribution in [-0.4, -0.2) is 65.1 Å². The van der Waals surface area contributed by atoms with E-state index >= 15 is 0 Å². The van der Waals surface area contributed by atoms with E-state index < -0.39 is 6.04 Å². The largest absolute Gasteiger partial charge is 0.343 e. The first kappa shape index (κ1) is 26.0. The predicted molar refractivity (Wildman–Crippen MR) is 135 cm³/mol. The molecule has 0 spiro atoms. The fourth-order valence-electron chi connectivity index (χ4n) is 4.12. The first-order valence-electron chi connectivity index (χ1n) is 11.9. The third kappa shape index (κ3) is 6.10. The van der Waals surface area contributed by atoms with Gasteiger partial charge in [-0.1, -0.05) is 38.1 Å². The lowest BCUT2D eigenvalue weighted by Gasteiger charge is -2.28. The van der Waals surface area contributed by atoms with E-state index in [0.717, 1.165) is 24.3 Å². The van der Waals surface area contributed by atoms with E-state index in [2.05, 4.69) is 24.1 Å². The van der Waals surface area contributed by atoms with Crippen molar-refractivity contribution < 1.29 is 14.4 Å². The number of benzene rings is 1. The number of aromatic nitrogens is 1. The quantitative estimate of drug-likeness (QED) is 0.549. The summed E-state index contributed by atoms with van der Waals surface area (Å²) in [5.74, 6) is 0.161. The number of carbonyl (C=O) groups is 3. The molecule has 34 heavy (non-hydrogen) atoms. The topological polar surface area (TPSA) is 82.6 Å². The number of carbonyl (C=O) groups excluding carboxylic acids is 3. The lowest BCUT2D eigenvalue weighted by atomic mass is 10.0. The number of rotatable bonds is 9. The minimum Gasteiger partial charge on any atom is -0.343 e. The van der Waals surface area contributed by atoms with Crippen LogP contribution in [0.5, 0.6) is 0 Å². The Labute approximate surface area is 206 Å². The van der Waals surface area contributed by atoms with Crippen LogP contribution < -0.4 is 5.32 Å². The van der Waals surface area contributed by atoms with Gasteiger partial charge in [0.2, 0.25) is 17.6 Å². The third-order valence-electron chi connectivity index (χ3n) is 6.32. The summed E-state index contributed by atoms with van der Waals surface area (Å²) in [5.41, 5.74) is 2.25. The first-order valence-corrected chi connectivity index (χ1v) is 12.8. The summed E-state index contributed by atoms with van der Waals surface area (Å²) in [6.45, 7) is 8.49. The Kier molecular flexibility index (Phi) is 8.60. The van der Waals surface area contributed by atoms with Crippen LogP contribution in [0.3, 0.4) is 0 Å². The number of likely N-dealkylation sites (N-methyl/N-ethyl adjacent to an activating group) is 1. The average molecular weight is 485 g/mol. The Morgan fingerprint density at radius 1 is 1.15 bits per heavy atom. The van der Waals surface area contributed by atoms with Crippen LogP contribution in [-0.2, 0) is 16.0 Å². The van der Waals surface area contributed by atoms with E-state index in [0.29, 0.717) is 23.7 Å². The molecular weight excluding hydrogens is 448 g/mol. The van der Waals surface area contributed by atoms with E-state index in [1.54, 1.807) is 29.0 Å². The van der Waals surface area contributed by atoms with Gasteiger partial charge < -0.3 is 10.2 Å². The van der Waals surface area contributed by atoms with Gasteiger partial charge in [-0.3, -0.25) is 19.3 Å². The average Bonchev–Trinajstić information content (AvgIpc) is 3.47. The Balaban J connectivity index is 1.68. The molecule has 1 saturated heterocycles. The Morgan fingerprint density at radius 2 is 1.82 bits per heavy atom. The molecule has 184 valence electrons. The van der Waals surface area contributed by atoms with Crippen molar-refractivity contribution in [2.75, 3.05) is 20.6 Å². The highest BCUT2D eigenvalue weighted by atomic mass is 32.1. The first-order chi connectivity index (χ1) is 16.1. The Hall–Kier alpha value is -2.58. The molecule has 1 aliphatic heterocycles. The molecule has 1 fully saturated rings. The van der Waals surface area contributed by atoms with Gasteiger partial charge in [-0.25, -0.2) is 4.98 Å². The van der Waals surface area contributed by atoms with Crippen molar-refractivity contribution in [1.29, 1.82) is 0 Å². The lowest BCUT2D eigenvalue weighted by molar-refractivity contribution is -0.137. The van der Waals surface area contributed by atoms with Crippen LogP contribution in [0.25, 0.3) is 0 Å². The minimum absolute atomic E-state index is 0.104. The summed E-state index contributed by atoms with van der Waals surface area (Å²) in [7, 11) is 3.66. The summed E-state index contributed by atoms with van der Waals surface area (Å²) < 4.78 is 0. The minimum atomic E-state index is -0.624. The maximum absolute atomic E-state index is 13.1.